The van der Waals surface area contributed by atoms with Crippen LogP contribution < -0.4 is 19.5 Å². The van der Waals surface area contributed by atoms with Crippen molar-refractivity contribution in [3.8, 4) is 17.2 Å². The van der Waals surface area contributed by atoms with Gasteiger partial charge in [-0.2, -0.15) is 0 Å². The van der Waals surface area contributed by atoms with Crippen molar-refractivity contribution in [1.29, 1.82) is 0 Å². The molecule has 0 bridgehead atoms. The molecule has 0 radical (unpaired) electrons. The number of hydrogen-bond donors (Lipinski definition) is 1. The van der Waals surface area contributed by atoms with E-state index in [2.05, 4.69) is 5.32 Å². The maximum Gasteiger partial charge on any atom is 0.258 e. The average Bonchev–Trinajstić information content (AvgIpc) is 2.76. The average molecular weight is 377 g/mol. The minimum Gasteiger partial charge on any atom is -0.493 e. The van der Waals surface area contributed by atoms with Gasteiger partial charge in [0.15, 0.2) is 18.1 Å². The molecule has 5 heteroatoms. The molecular formula is C23H23NO4. The summed E-state index contributed by atoms with van der Waals surface area (Å²) in [5.74, 6) is 1.79. The second-order valence-electron chi connectivity index (χ2n) is 6.13. The Bertz CT molecular complexity index is 879. The van der Waals surface area contributed by atoms with Crippen LogP contribution in [0.2, 0.25) is 0 Å². The molecule has 0 atom stereocenters. The van der Waals surface area contributed by atoms with Gasteiger partial charge >= 0.3 is 0 Å². The smallest absolute Gasteiger partial charge is 0.258 e. The molecule has 0 aromatic heterocycles. The van der Waals surface area contributed by atoms with Gasteiger partial charge in [0.1, 0.15) is 12.4 Å². The monoisotopic (exact) mass is 377 g/mol. The lowest BCUT2D eigenvalue weighted by atomic mass is 10.1. The highest BCUT2D eigenvalue weighted by atomic mass is 16.5. The van der Waals surface area contributed by atoms with Gasteiger partial charge in [-0.15, -0.1) is 0 Å². The molecule has 0 saturated heterocycles. The fourth-order valence-electron chi connectivity index (χ4n) is 2.57. The molecule has 0 saturated carbocycles. The Balaban J connectivity index is 1.42. The van der Waals surface area contributed by atoms with Crippen LogP contribution in [-0.2, 0) is 17.9 Å². The molecule has 1 amide bonds. The van der Waals surface area contributed by atoms with Crippen LogP contribution in [0.4, 0.5) is 0 Å². The summed E-state index contributed by atoms with van der Waals surface area (Å²) in [6.07, 6.45) is 0. The minimum absolute atomic E-state index is 0.0661. The van der Waals surface area contributed by atoms with Crippen LogP contribution in [0.1, 0.15) is 11.1 Å². The van der Waals surface area contributed by atoms with Crippen LogP contribution in [0.3, 0.4) is 0 Å². The van der Waals surface area contributed by atoms with Gasteiger partial charge in [-0.3, -0.25) is 4.79 Å². The Morgan fingerprint density at radius 1 is 0.786 bits per heavy atom. The fourth-order valence-corrected chi connectivity index (χ4v) is 2.57. The Morgan fingerprint density at radius 3 is 2.14 bits per heavy atom. The van der Waals surface area contributed by atoms with Crippen molar-refractivity contribution in [2.24, 2.45) is 0 Å². The van der Waals surface area contributed by atoms with E-state index >= 15 is 0 Å². The van der Waals surface area contributed by atoms with Crippen LogP contribution >= 0.6 is 0 Å². The number of nitrogens with one attached hydrogen (secondary N) is 1. The van der Waals surface area contributed by atoms with Gasteiger partial charge in [0.2, 0.25) is 0 Å². The number of hydrogen-bond acceptors (Lipinski definition) is 4. The summed E-state index contributed by atoms with van der Waals surface area (Å²) in [6.45, 7) is 0.876. The molecule has 0 spiro atoms. The maximum absolute atomic E-state index is 12.0. The summed E-state index contributed by atoms with van der Waals surface area (Å²) >= 11 is 0. The van der Waals surface area contributed by atoms with Gasteiger partial charge < -0.3 is 19.5 Å². The molecule has 3 aromatic rings. The molecule has 0 aliphatic heterocycles. The van der Waals surface area contributed by atoms with Crippen LogP contribution in [0.25, 0.3) is 0 Å². The number of ether oxygens (including phenoxy) is 3. The highest BCUT2D eigenvalue weighted by molar-refractivity contribution is 5.77. The van der Waals surface area contributed by atoms with Crippen LogP contribution in [0, 0.1) is 0 Å². The first-order chi connectivity index (χ1) is 13.7. The molecule has 0 heterocycles. The lowest BCUT2D eigenvalue weighted by Crippen LogP contribution is -2.28. The summed E-state index contributed by atoms with van der Waals surface area (Å²) in [6, 6.07) is 24.9. The Hall–Kier alpha value is -3.47. The molecular weight excluding hydrogens is 354 g/mol. The number of para-hydroxylation sites is 3. The van der Waals surface area contributed by atoms with Gasteiger partial charge in [-0.25, -0.2) is 0 Å². The summed E-state index contributed by atoms with van der Waals surface area (Å²) in [5, 5.41) is 2.85. The van der Waals surface area contributed by atoms with E-state index in [9.17, 15) is 4.79 Å². The van der Waals surface area contributed by atoms with Crippen molar-refractivity contribution >= 4 is 5.91 Å². The molecule has 0 aliphatic carbocycles. The van der Waals surface area contributed by atoms with Gasteiger partial charge in [0, 0.05) is 6.54 Å². The van der Waals surface area contributed by atoms with Crippen LogP contribution in [0.5, 0.6) is 17.2 Å². The van der Waals surface area contributed by atoms with E-state index in [0.29, 0.717) is 24.7 Å². The summed E-state index contributed by atoms with van der Waals surface area (Å²) < 4.78 is 16.4. The van der Waals surface area contributed by atoms with Crippen molar-refractivity contribution in [2.45, 2.75) is 13.2 Å². The molecule has 0 aliphatic rings. The first kappa shape index (κ1) is 19.3. The largest absolute Gasteiger partial charge is 0.493 e. The summed E-state index contributed by atoms with van der Waals surface area (Å²) in [7, 11) is 1.57. The number of amides is 1. The first-order valence-electron chi connectivity index (χ1n) is 9.03. The van der Waals surface area contributed by atoms with Gasteiger partial charge in [0.25, 0.3) is 5.91 Å². The predicted octanol–water partition coefficient (Wildman–Crippen LogP) is 3.97. The van der Waals surface area contributed by atoms with Crippen molar-refractivity contribution in [3.05, 3.63) is 90.0 Å². The molecule has 5 nitrogen and oxygen atoms in total. The Kier molecular flexibility index (Phi) is 6.90. The zero-order valence-electron chi connectivity index (χ0n) is 15.8. The second-order valence-corrected chi connectivity index (χ2v) is 6.13. The molecule has 0 unspecified atom stereocenters. The van der Waals surface area contributed by atoms with Gasteiger partial charge in [-0.05, 0) is 35.4 Å². The van der Waals surface area contributed by atoms with E-state index < -0.39 is 0 Å². The first-order valence-corrected chi connectivity index (χ1v) is 9.03. The lowest BCUT2D eigenvalue weighted by Gasteiger charge is -2.11. The third-order valence-corrected chi connectivity index (χ3v) is 4.09. The maximum atomic E-state index is 12.0. The van der Waals surface area contributed by atoms with Crippen molar-refractivity contribution < 1.29 is 19.0 Å². The number of methoxy groups -OCH3 is 1. The Labute approximate surface area is 164 Å². The molecule has 3 rings (SSSR count). The standard InChI is InChI=1S/C23H23NO4/c1-26-21-9-5-6-10-22(21)28-17-23(25)24-15-18-11-13-19(14-12-18)16-27-20-7-3-2-4-8-20/h2-14H,15-17H2,1H3,(H,24,25). The summed E-state index contributed by atoms with van der Waals surface area (Å²) in [4.78, 5) is 12.0. The van der Waals surface area contributed by atoms with Gasteiger partial charge in [-0.1, -0.05) is 54.6 Å². The Morgan fingerprint density at radius 2 is 1.43 bits per heavy atom. The predicted molar refractivity (Wildman–Crippen MR) is 108 cm³/mol. The number of rotatable bonds is 9. The van der Waals surface area contributed by atoms with E-state index in [4.69, 9.17) is 14.2 Å². The number of carbonyl (C=O) groups is 1. The quantitative estimate of drug-likeness (QED) is 0.613. The van der Waals surface area contributed by atoms with E-state index in [1.807, 2.05) is 66.7 Å². The zero-order chi connectivity index (χ0) is 19.6. The third-order valence-electron chi connectivity index (χ3n) is 4.09. The van der Waals surface area contributed by atoms with Crippen LogP contribution in [0.15, 0.2) is 78.9 Å². The van der Waals surface area contributed by atoms with E-state index in [1.54, 1.807) is 19.2 Å². The molecule has 144 valence electrons. The van der Waals surface area contributed by atoms with Crippen LogP contribution in [-0.4, -0.2) is 19.6 Å². The normalized spacial score (nSPS) is 10.2. The lowest BCUT2D eigenvalue weighted by molar-refractivity contribution is -0.123. The van der Waals surface area contributed by atoms with E-state index in [1.165, 1.54) is 0 Å². The third kappa shape index (κ3) is 5.77. The van der Waals surface area contributed by atoms with Crippen molar-refractivity contribution in [2.75, 3.05) is 13.7 Å². The topological polar surface area (TPSA) is 56.8 Å². The molecule has 3 aromatic carbocycles. The second kappa shape index (κ2) is 10.0. The number of carbonyl (C=O) groups excluding carboxylic acids is 1. The highest BCUT2D eigenvalue weighted by Crippen LogP contribution is 2.25. The van der Waals surface area contributed by atoms with E-state index in [0.717, 1.165) is 16.9 Å². The fraction of sp³-hybridized carbons (Fsp3) is 0.174. The number of benzene rings is 3. The van der Waals surface area contributed by atoms with E-state index in [-0.39, 0.29) is 12.5 Å². The SMILES string of the molecule is COc1ccccc1OCC(=O)NCc1ccc(COc2ccccc2)cc1. The molecule has 1 N–H and O–H groups in total. The molecule has 0 fully saturated rings. The van der Waals surface area contributed by atoms with Gasteiger partial charge in [0.05, 0.1) is 7.11 Å². The van der Waals surface area contributed by atoms with Crippen molar-refractivity contribution in [3.63, 3.8) is 0 Å². The van der Waals surface area contributed by atoms with Crippen molar-refractivity contribution in [1.82, 2.24) is 5.32 Å². The molecule has 28 heavy (non-hydrogen) atoms. The zero-order valence-corrected chi connectivity index (χ0v) is 15.8. The minimum atomic E-state index is -0.192. The summed E-state index contributed by atoms with van der Waals surface area (Å²) in [5.41, 5.74) is 2.08. The highest BCUT2D eigenvalue weighted by Gasteiger charge is 2.07.